The van der Waals surface area contributed by atoms with E-state index in [0.29, 0.717) is 18.7 Å². The lowest BCUT2D eigenvalue weighted by atomic mass is 9.93. The van der Waals surface area contributed by atoms with Crippen molar-refractivity contribution in [3.05, 3.63) is 29.8 Å². The van der Waals surface area contributed by atoms with Crippen LogP contribution in [0, 0.1) is 17.2 Å². The van der Waals surface area contributed by atoms with Gasteiger partial charge in [-0.3, -0.25) is 0 Å². The lowest BCUT2D eigenvalue weighted by Crippen LogP contribution is -2.44. The van der Waals surface area contributed by atoms with Gasteiger partial charge in [0.1, 0.15) is 0 Å². The van der Waals surface area contributed by atoms with Gasteiger partial charge in [0, 0.05) is 19.1 Å². The maximum atomic E-state index is 12.6. The first-order valence-corrected chi connectivity index (χ1v) is 8.15. The Labute approximate surface area is 120 Å². The molecule has 0 unspecified atom stereocenters. The Bertz CT molecular complexity index is 620. The van der Waals surface area contributed by atoms with E-state index in [9.17, 15) is 8.42 Å². The number of hydrogen-bond donors (Lipinski definition) is 1. The molecule has 1 saturated heterocycles. The minimum Gasteiger partial charge on any atom is -0.328 e. The average molecular weight is 293 g/mol. The van der Waals surface area contributed by atoms with Crippen LogP contribution in [0.3, 0.4) is 0 Å². The SMILES string of the molecule is C[C@@H](N)[C@@H]1CCCN(S(=O)(=O)c2cccc(C#N)c2)C1. The molecule has 2 rings (SSSR count). The van der Waals surface area contributed by atoms with Gasteiger partial charge in [-0.15, -0.1) is 0 Å². The smallest absolute Gasteiger partial charge is 0.243 e. The second-order valence-electron chi connectivity index (χ2n) is 5.26. The van der Waals surface area contributed by atoms with Crippen molar-refractivity contribution in [3.8, 4) is 6.07 Å². The summed E-state index contributed by atoms with van der Waals surface area (Å²) < 4.78 is 26.7. The fourth-order valence-electron chi connectivity index (χ4n) is 2.50. The molecule has 0 aromatic heterocycles. The molecule has 1 aliphatic rings. The summed E-state index contributed by atoms with van der Waals surface area (Å²) in [5, 5.41) is 8.88. The minimum atomic E-state index is -3.53. The summed E-state index contributed by atoms with van der Waals surface area (Å²) in [6, 6.07) is 8.10. The molecule has 0 bridgehead atoms. The van der Waals surface area contributed by atoms with E-state index in [2.05, 4.69) is 0 Å². The quantitative estimate of drug-likeness (QED) is 0.910. The summed E-state index contributed by atoms with van der Waals surface area (Å²) >= 11 is 0. The Morgan fingerprint density at radius 1 is 1.50 bits per heavy atom. The van der Waals surface area contributed by atoms with Gasteiger partial charge >= 0.3 is 0 Å². The van der Waals surface area contributed by atoms with Crippen LogP contribution in [0.2, 0.25) is 0 Å². The van der Waals surface area contributed by atoms with Crippen molar-refractivity contribution in [1.29, 1.82) is 5.26 Å². The molecular formula is C14H19N3O2S. The van der Waals surface area contributed by atoms with Crippen molar-refractivity contribution in [3.63, 3.8) is 0 Å². The monoisotopic (exact) mass is 293 g/mol. The van der Waals surface area contributed by atoms with Crippen LogP contribution in [0.15, 0.2) is 29.2 Å². The molecule has 5 nitrogen and oxygen atoms in total. The van der Waals surface area contributed by atoms with Gasteiger partial charge in [-0.25, -0.2) is 8.42 Å². The van der Waals surface area contributed by atoms with Crippen LogP contribution in [0.4, 0.5) is 0 Å². The van der Waals surface area contributed by atoms with Gasteiger partial charge in [0.25, 0.3) is 0 Å². The fourth-order valence-corrected chi connectivity index (χ4v) is 4.08. The molecule has 2 atom stereocenters. The van der Waals surface area contributed by atoms with Gasteiger partial charge in [0.05, 0.1) is 16.5 Å². The van der Waals surface area contributed by atoms with Crippen LogP contribution >= 0.6 is 0 Å². The van der Waals surface area contributed by atoms with Gasteiger partial charge in [-0.05, 0) is 43.9 Å². The minimum absolute atomic E-state index is 0.0153. The van der Waals surface area contributed by atoms with Crippen molar-refractivity contribution in [2.75, 3.05) is 13.1 Å². The molecule has 2 N–H and O–H groups in total. The molecule has 1 heterocycles. The van der Waals surface area contributed by atoms with Crippen LogP contribution in [0.1, 0.15) is 25.3 Å². The highest BCUT2D eigenvalue weighted by Gasteiger charge is 2.31. The van der Waals surface area contributed by atoms with Gasteiger partial charge in [-0.1, -0.05) is 6.07 Å². The van der Waals surface area contributed by atoms with Gasteiger partial charge < -0.3 is 5.73 Å². The summed E-state index contributed by atoms with van der Waals surface area (Å²) in [6.45, 7) is 2.89. The largest absolute Gasteiger partial charge is 0.328 e. The fraction of sp³-hybridized carbons (Fsp3) is 0.500. The normalized spacial score (nSPS) is 22.1. The second kappa shape index (κ2) is 5.92. The van der Waals surface area contributed by atoms with E-state index in [1.165, 1.54) is 16.4 Å². The Balaban J connectivity index is 2.28. The van der Waals surface area contributed by atoms with Gasteiger partial charge in [0.15, 0.2) is 0 Å². The number of nitriles is 1. The van der Waals surface area contributed by atoms with Crippen molar-refractivity contribution in [2.24, 2.45) is 11.7 Å². The Hall–Kier alpha value is -1.42. The van der Waals surface area contributed by atoms with Crippen LogP contribution in [-0.4, -0.2) is 31.9 Å². The highest BCUT2D eigenvalue weighted by atomic mass is 32.2. The predicted octanol–water partition coefficient (Wildman–Crippen LogP) is 1.31. The molecule has 0 radical (unpaired) electrons. The Morgan fingerprint density at radius 3 is 2.90 bits per heavy atom. The van der Waals surface area contributed by atoms with E-state index in [1.54, 1.807) is 12.1 Å². The van der Waals surface area contributed by atoms with Crippen molar-refractivity contribution >= 4 is 10.0 Å². The number of rotatable bonds is 3. The van der Waals surface area contributed by atoms with Crippen molar-refractivity contribution in [2.45, 2.75) is 30.7 Å². The van der Waals surface area contributed by atoms with Gasteiger partial charge in [0.2, 0.25) is 10.0 Å². The maximum absolute atomic E-state index is 12.6. The maximum Gasteiger partial charge on any atom is 0.243 e. The number of hydrogen-bond acceptors (Lipinski definition) is 4. The lowest BCUT2D eigenvalue weighted by molar-refractivity contribution is 0.243. The van der Waals surface area contributed by atoms with E-state index < -0.39 is 10.0 Å². The third-order valence-electron chi connectivity index (χ3n) is 3.77. The highest BCUT2D eigenvalue weighted by Crippen LogP contribution is 2.25. The number of benzene rings is 1. The first-order valence-electron chi connectivity index (χ1n) is 6.71. The number of nitrogens with zero attached hydrogens (tertiary/aromatic N) is 2. The molecular weight excluding hydrogens is 274 g/mol. The molecule has 1 fully saturated rings. The molecule has 1 aromatic carbocycles. The molecule has 0 spiro atoms. The Kier molecular flexibility index (Phi) is 4.43. The second-order valence-corrected chi connectivity index (χ2v) is 7.20. The predicted molar refractivity (Wildman–Crippen MR) is 76.3 cm³/mol. The average Bonchev–Trinajstić information content (AvgIpc) is 2.47. The van der Waals surface area contributed by atoms with E-state index in [-0.39, 0.29) is 16.9 Å². The lowest BCUT2D eigenvalue weighted by Gasteiger charge is -2.33. The summed E-state index contributed by atoms with van der Waals surface area (Å²) in [4.78, 5) is 0.182. The molecule has 0 aliphatic carbocycles. The first-order chi connectivity index (χ1) is 9.45. The molecule has 108 valence electrons. The summed E-state index contributed by atoms with van der Waals surface area (Å²) in [7, 11) is -3.53. The van der Waals surface area contributed by atoms with Crippen LogP contribution in [0.5, 0.6) is 0 Å². The summed E-state index contributed by atoms with van der Waals surface area (Å²) in [6.07, 6.45) is 1.78. The molecule has 6 heteroatoms. The zero-order chi connectivity index (χ0) is 14.8. The molecule has 1 aromatic rings. The standard InChI is InChI=1S/C14H19N3O2S/c1-11(16)13-5-3-7-17(10-13)20(18,19)14-6-2-4-12(8-14)9-15/h2,4,6,8,11,13H,3,5,7,10,16H2,1H3/t11-,13-/m1/s1. The number of nitrogens with two attached hydrogens (primary N) is 1. The van der Waals surface area contributed by atoms with E-state index >= 15 is 0 Å². The number of sulfonamides is 1. The number of piperidine rings is 1. The summed E-state index contributed by atoms with van der Waals surface area (Å²) in [5.41, 5.74) is 6.25. The molecule has 1 aliphatic heterocycles. The third-order valence-corrected chi connectivity index (χ3v) is 5.63. The van der Waals surface area contributed by atoms with Crippen molar-refractivity contribution < 1.29 is 8.42 Å². The van der Waals surface area contributed by atoms with Gasteiger partial charge in [-0.2, -0.15) is 9.57 Å². The molecule has 0 amide bonds. The third kappa shape index (κ3) is 3.01. The zero-order valence-corrected chi connectivity index (χ0v) is 12.3. The van der Waals surface area contributed by atoms with E-state index in [0.717, 1.165) is 12.8 Å². The van der Waals surface area contributed by atoms with Crippen LogP contribution in [-0.2, 0) is 10.0 Å². The summed E-state index contributed by atoms with van der Waals surface area (Å²) in [5.74, 6) is 0.192. The molecule has 0 saturated carbocycles. The van der Waals surface area contributed by atoms with E-state index in [4.69, 9.17) is 11.0 Å². The topological polar surface area (TPSA) is 87.2 Å². The van der Waals surface area contributed by atoms with Crippen LogP contribution < -0.4 is 5.73 Å². The Morgan fingerprint density at radius 2 is 2.25 bits per heavy atom. The molecule has 20 heavy (non-hydrogen) atoms. The van der Waals surface area contributed by atoms with Crippen LogP contribution in [0.25, 0.3) is 0 Å². The first kappa shape index (κ1) is 15.0. The van der Waals surface area contributed by atoms with Crippen molar-refractivity contribution in [1.82, 2.24) is 4.31 Å². The highest BCUT2D eigenvalue weighted by molar-refractivity contribution is 7.89. The van der Waals surface area contributed by atoms with E-state index in [1.807, 2.05) is 13.0 Å². The zero-order valence-electron chi connectivity index (χ0n) is 11.5.